The number of allylic oxidation sites excluding steroid dienone is 2. The Bertz CT molecular complexity index is 964. The Kier molecular flexibility index (Phi) is 5.47. The van der Waals surface area contributed by atoms with Gasteiger partial charge in [0.2, 0.25) is 5.24 Å². The minimum absolute atomic E-state index is 0.0515. The Hall–Kier alpha value is -0.670. The van der Waals surface area contributed by atoms with Crippen LogP contribution in [0.3, 0.4) is 0 Å². The molecule has 0 heterocycles. The van der Waals surface area contributed by atoms with E-state index in [4.69, 9.17) is 11.6 Å². The summed E-state index contributed by atoms with van der Waals surface area (Å²) in [6.45, 7) is 16.4. The monoisotopic (exact) mass is 488 g/mol. The molecule has 1 N–H and O–H groups in total. The number of Topliss-reactive ketones (excluding diaryl/α,β-unsaturated/α-hetero) is 1. The SMILES string of the molecule is CC(C)C1=C2C3CC[C@@H]4[C@@]5(C)CC[C@H](O)C(C)(C)[C@@H]5CC[C@@]4(C)[C@]3(C)CC[C@@]2(C(=O)Cl)CC1=O. The smallest absolute Gasteiger partial charge is 0.232 e. The average Bonchev–Trinajstić information content (AvgIpc) is 3.05. The van der Waals surface area contributed by atoms with E-state index in [1.165, 1.54) is 6.42 Å². The first kappa shape index (κ1) is 25.0. The molecule has 0 spiro atoms. The maximum absolute atomic E-state index is 13.3. The lowest BCUT2D eigenvalue weighted by molar-refractivity contribution is -0.228. The quantitative estimate of drug-likeness (QED) is 0.422. The Balaban J connectivity index is 1.62. The van der Waals surface area contributed by atoms with E-state index in [-0.39, 0.29) is 57.0 Å². The number of fused-ring (bicyclic) bond motifs is 7. The van der Waals surface area contributed by atoms with Gasteiger partial charge in [0.1, 0.15) is 0 Å². The molecule has 4 heteroatoms. The van der Waals surface area contributed by atoms with Crippen LogP contribution in [0.2, 0.25) is 0 Å². The van der Waals surface area contributed by atoms with Crippen molar-refractivity contribution in [2.24, 2.45) is 50.7 Å². The van der Waals surface area contributed by atoms with E-state index < -0.39 is 5.41 Å². The zero-order chi connectivity index (χ0) is 25.1. The van der Waals surface area contributed by atoms with E-state index in [0.29, 0.717) is 18.3 Å². The third-order valence-corrected chi connectivity index (χ3v) is 13.1. The topological polar surface area (TPSA) is 54.4 Å². The fourth-order valence-corrected chi connectivity index (χ4v) is 11.1. The number of carbonyl (C=O) groups is 2. The fraction of sp³-hybridized carbons (Fsp3) is 0.867. The number of halogens is 1. The van der Waals surface area contributed by atoms with Gasteiger partial charge in [0, 0.05) is 6.42 Å². The molecule has 1 unspecified atom stereocenters. The molecule has 0 radical (unpaired) electrons. The predicted octanol–water partition coefficient (Wildman–Crippen LogP) is 7.09. The largest absolute Gasteiger partial charge is 0.393 e. The van der Waals surface area contributed by atoms with E-state index in [1.54, 1.807) is 0 Å². The van der Waals surface area contributed by atoms with Crippen LogP contribution in [0, 0.1) is 50.7 Å². The molecule has 190 valence electrons. The van der Waals surface area contributed by atoms with E-state index in [9.17, 15) is 14.7 Å². The van der Waals surface area contributed by atoms with Crippen molar-refractivity contribution in [2.45, 2.75) is 112 Å². The van der Waals surface area contributed by atoms with Gasteiger partial charge in [-0.05, 0) is 119 Å². The van der Waals surface area contributed by atoms with Crippen LogP contribution in [0.4, 0.5) is 0 Å². The van der Waals surface area contributed by atoms with Gasteiger partial charge < -0.3 is 5.11 Å². The van der Waals surface area contributed by atoms with Crippen molar-refractivity contribution < 1.29 is 14.7 Å². The van der Waals surface area contributed by atoms with Crippen molar-refractivity contribution in [2.75, 3.05) is 0 Å². The summed E-state index contributed by atoms with van der Waals surface area (Å²) in [7, 11) is 0. The van der Waals surface area contributed by atoms with Crippen LogP contribution in [0.1, 0.15) is 106 Å². The van der Waals surface area contributed by atoms with Crippen LogP contribution in [-0.2, 0) is 9.59 Å². The highest BCUT2D eigenvalue weighted by Crippen LogP contribution is 2.76. The van der Waals surface area contributed by atoms with Crippen molar-refractivity contribution in [3.8, 4) is 0 Å². The Morgan fingerprint density at radius 3 is 2.21 bits per heavy atom. The highest BCUT2D eigenvalue weighted by Gasteiger charge is 2.70. The van der Waals surface area contributed by atoms with E-state index >= 15 is 0 Å². The highest BCUT2D eigenvalue weighted by molar-refractivity contribution is 6.65. The van der Waals surface area contributed by atoms with Gasteiger partial charge in [-0.1, -0.05) is 48.5 Å². The second kappa shape index (κ2) is 7.44. The van der Waals surface area contributed by atoms with Crippen molar-refractivity contribution >= 4 is 22.6 Å². The normalized spacial score (nSPS) is 49.9. The van der Waals surface area contributed by atoms with Gasteiger partial charge in [-0.3, -0.25) is 9.59 Å². The van der Waals surface area contributed by atoms with Crippen molar-refractivity contribution in [3.05, 3.63) is 11.1 Å². The van der Waals surface area contributed by atoms with E-state index in [0.717, 1.165) is 49.7 Å². The molecule has 8 atom stereocenters. The fourth-order valence-electron chi connectivity index (χ4n) is 10.8. The first-order valence-electron chi connectivity index (χ1n) is 13.8. The summed E-state index contributed by atoms with van der Waals surface area (Å²) in [5.74, 6) is 1.69. The Labute approximate surface area is 211 Å². The van der Waals surface area contributed by atoms with Crippen LogP contribution in [0.15, 0.2) is 11.1 Å². The standard InChI is InChI=1S/C30H45ClO3/c1-17(2)23-19(32)16-30(25(31)34)15-14-28(6)18(24(23)30)8-9-21-27(5)12-11-22(33)26(3,4)20(27)10-13-29(21,28)7/h17-18,20-22,33H,8-16H2,1-7H3/t18?,20-,21+,22-,27-,28+,29+,30+/m0/s1. The molecule has 0 aliphatic heterocycles. The van der Waals surface area contributed by atoms with Crippen LogP contribution < -0.4 is 0 Å². The Morgan fingerprint density at radius 2 is 1.59 bits per heavy atom. The van der Waals surface area contributed by atoms with Crippen LogP contribution in [-0.4, -0.2) is 22.2 Å². The minimum Gasteiger partial charge on any atom is -0.393 e. The third-order valence-electron chi connectivity index (χ3n) is 12.8. The predicted molar refractivity (Wildman–Crippen MR) is 136 cm³/mol. The molecule has 4 saturated carbocycles. The van der Waals surface area contributed by atoms with Gasteiger partial charge in [0.25, 0.3) is 0 Å². The summed E-state index contributed by atoms with van der Waals surface area (Å²) in [4.78, 5) is 26.2. The van der Waals surface area contributed by atoms with Gasteiger partial charge in [0.05, 0.1) is 11.5 Å². The van der Waals surface area contributed by atoms with Gasteiger partial charge in [-0.2, -0.15) is 0 Å². The molecule has 3 nitrogen and oxygen atoms in total. The molecule has 0 saturated heterocycles. The van der Waals surface area contributed by atoms with Crippen molar-refractivity contribution in [1.29, 1.82) is 0 Å². The van der Waals surface area contributed by atoms with Crippen molar-refractivity contribution in [3.63, 3.8) is 0 Å². The number of aliphatic hydroxyl groups excluding tert-OH is 1. The van der Waals surface area contributed by atoms with E-state index in [1.807, 2.05) is 0 Å². The molecule has 34 heavy (non-hydrogen) atoms. The summed E-state index contributed by atoms with van der Waals surface area (Å²) < 4.78 is 0. The molecular formula is C30H45ClO3. The number of aliphatic hydroxyl groups is 1. The molecule has 5 aliphatic carbocycles. The molecule has 5 rings (SSSR count). The van der Waals surface area contributed by atoms with Gasteiger partial charge >= 0.3 is 0 Å². The number of rotatable bonds is 2. The number of hydrogen-bond acceptors (Lipinski definition) is 3. The second-order valence-corrected chi connectivity index (χ2v) is 14.8. The van der Waals surface area contributed by atoms with Gasteiger partial charge in [0.15, 0.2) is 5.78 Å². The lowest BCUT2D eigenvalue weighted by Gasteiger charge is -2.72. The number of ketones is 1. The van der Waals surface area contributed by atoms with Crippen LogP contribution in [0.5, 0.6) is 0 Å². The molecule has 0 aromatic carbocycles. The molecule has 0 amide bonds. The number of carbonyl (C=O) groups excluding carboxylic acids is 2. The molecular weight excluding hydrogens is 444 g/mol. The minimum atomic E-state index is -0.760. The molecule has 0 aromatic rings. The number of hydrogen-bond donors (Lipinski definition) is 1. The maximum atomic E-state index is 13.3. The summed E-state index contributed by atoms with van der Waals surface area (Å²) >= 11 is 6.34. The highest BCUT2D eigenvalue weighted by atomic mass is 35.5. The Morgan fingerprint density at radius 1 is 0.912 bits per heavy atom. The first-order valence-corrected chi connectivity index (χ1v) is 14.2. The maximum Gasteiger partial charge on any atom is 0.232 e. The van der Waals surface area contributed by atoms with Gasteiger partial charge in [-0.25, -0.2) is 0 Å². The zero-order valence-electron chi connectivity index (χ0n) is 22.4. The lowest BCUT2D eigenvalue weighted by Crippen LogP contribution is -2.65. The zero-order valence-corrected chi connectivity index (χ0v) is 23.1. The first-order chi connectivity index (χ1) is 15.7. The van der Waals surface area contributed by atoms with Crippen LogP contribution in [0.25, 0.3) is 0 Å². The molecule has 0 bridgehead atoms. The van der Waals surface area contributed by atoms with E-state index in [2.05, 4.69) is 48.5 Å². The summed E-state index contributed by atoms with van der Waals surface area (Å²) in [5.41, 5.74) is 1.69. The summed E-state index contributed by atoms with van der Waals surface area (Å²) in [6.07, 6.45) is 8.28. The van der Waals surface area contributed by atoms with Crippen molar-refractivity contribution in [1.82, 2.24) is 0 Å². The summed E-state index contributed by atoms with van der Waals surface area (Å²) in [6, 6.07) is 0. The second-order valence-electron chi connectivity index (χ2n) is 14.4. The molecule has 0 aromatic heterocycles. The summed E-state index contributed by atoms with van der Waals surface area (Å²) in [5, 5.41) is 10.6. The molecule has 4 fully saturated rings. The lowest BCUT2D eigenvalue weighted by atomic mass is 9.33. The van der Waals surface area contributed by atoms with Crippen LogP contribution >= 0.6 is 11.6 Å². The average molecular weight is 489 g/mol. The third kappa shape index (κ3) is 2.81. The van der Waals surface area contributed by atoms with Gasteiger partial charge in [-0.15, -0.1) is 0 Å². The molecule has 5 aliphatic rings.